The number of carbonyl (C=O) groups is 1. The molecule has 2 aromatic rings. The van der Waals surface area contributed by atoms with Gasteiger partial charge in [0.2, 0.25) is 0 Å². The largest absolute Gasteiger partial charge is 0.383 e. The van der Waals surface area contributed by atoms with Crippen LogP contribution < -0.4 is 15.8 Å². The summed E-state index contributed by atoms with van der Waals surface area (Å²) in [5.41, 5.74) is 3.60. The molecule has 1 aromatic carbocycles. The summed E-state index contributed by atoms with van der Waals surface area (Å²) in [6, 6.07) is 7.66. The fourth-order valence-electron chi connectivity index (χ4n) is 3.60. The summed E-state index contributed by atoms with van der Waals surface area (Å²) in [5.74, 6) is -0.0207. The number of aromatic nitrogens is 2. The van der Waals surface area contributed by atoms with E-state index in [1.165, 1.54) is 4.68 Å². The molecule has 1 aromatic heterocycles. The van der Waals surface area contributed by atoms with E-state index in [1.807, 2.05) is 26.0 Å². The molecule has 7 nitrogen and oxygen atoms in total. The molecule has 2 heterocycles. The van der Waals surface area contributed by atoms with Crippen molar-refractivity contribution in [1.29, 1.82) is 0 Å². The second-order valence-electron chi connectivity index (χ2n) is 7.38. The van der Waals surface area contributed by atoms with Gasteiger partial charge in [0.15, 0.2) is 0 Å². The van der Waals surface area contributed by atoms with E-state index in [2.05, 4.69) is 21.4 Å². The predicted molar refractivity (Wildman–Crippen MR) is 109 cm³/mol. The molecular weight excluding hydrogens is 356 g/mol. The zero-order chi connectivity index (χ0) is 20.1. The SMILES string of the molecule is COCCn1ncc(N2CCC(NC(=O)c3cc(C)cc(C)c3)CC2)cc1=O. The van der Waals surface area contributed by atoms with E-state index in [1.54, 1.807) is 19.4 Å². The first-order chi connectivity index (χ1) is 13.5. The highest BCUT2D eigenvalue weighted by Crippen LogP contribution is 2.18. The molecule has 0 saturated carbocycles. The number of methoxy groups -OCH3 is 1. The van der Waals surface area contributed by atoms with Crippen LogP contribution in [0.2, 0.25) is 0 Å². The molecule has 1 fully saturated rings. The van der Waals surface area contributed by atoms with Gasteiger partial charge in [-0.25, -0.2) is 4.68 Å². The second kappa shape index (κ2) is 9.01. The highest BCUT2D eigenvalue weighted by atomic mass is 16.5. The van der Waals surface area contributed by atoms with Crippen molar-refractivity contribution in [1.82, 2.24) is 15.1 Å². The van der Waals surface area contributed by atoms with Gasteiger partial charge in [-0.15, -0.1) is 0 Å². The van der Waals surface area contributed by atoms with Gasteiger partial charge in [-0.2, -0.15) is 5.10 Å². The fraction of sp³-hybridized carbons (Fsp3) is 0.476. The topological polar surface area (TPSA) is 76.5 Å². The van der Waals surface area contributed by atoms with Gasteiger partial charge in [0.1, 0.15) is 0 Å². The quantitative estimate of drug-likeness (QED) is 0.823. The molecule has 0 atom stereocenters. The number of piperidine rings is 1. The van der Waals surface area contributed by atoms with Gasteiger partial charge in [-0.1, -0.05) is 17.2 Å². The Morgan fingerprint density at radius 3 is 2.46 bits per heavy atom. The van der Waals surface area contributed by atoms with Crippen molar-refractivity contribution in [3.8, 4) is 0 Å². The van der Waals surface area contributed by atoms with Crippen LogP contribution in [0.15, 0.2) is 35.3 Å². The Labute approximate surface area is 165 Å². The number of carbonyl (C=O) groups excluding carboxylic acids is 1. The van der Waals surface area contributed by atoms with Crippen molar-refractivity contribution in [3.63, 3.8) is 0 Å². The Balaban J connectivity index is 1.56. The van der Waals surface area contributed by atoms with E-state index < -0.39 is 0 Å². The number of hydrogen-bond donors (Lipinski definition) is 1. The first-order valence-corrected chi connectivity index (χ1v) is 9.66. The van der Waals surface area contributed by atoms with Gasteiger partial charge in [0.05, 0.1) is 25.0 Å². The number of aryl methyl sites for hydroxylation is 2. The lowest BCUT2D eigenvalue weighted by atomic mass is 10.0. The molecule has 1 saturated heterocycles. The van der Waals surface area contributed by atoms with Crippen LogP contribution in [0, 0.1) is 13.8 Å². The lowest BCUT2D eigenvalue weighted by Crippen LogP contribution is -2.45. The molecule has 1 aliphatic rings. The van der Waals surface area contributed by atoms with Crippen LogP contribution in [0.3, 0.4) is 0 Å². The zero-order valence-electron chi connectivity index (χ0n) is 16.8. The zero-order valence-corrected chi connectivity index (χ0v) is 16.8. The van der Waals surface area contributed by atoms with Crippen LogP contribution in [0.5, 0.6) is 0 Å². The number of nitrogens with zero attached hydrogens (tertiary/aromatic N) is 3. The molecule has 0 bridgehead atoms. The molecule has 3 rings (SSSR count). The average Bonchev–Trinajstić information content (AvgIpc) is 2.67. The molecule has 1 aliphatic heterocycles. The van der Waals surface area contributed by atoms with E-state index >= 15 is 0 Å². The third kappa shape index (κ3) is 4.98. The maximum Gasteiger partial charge on any atom is 0.268 e. The number of rotatable bonds is 6. The Bertz CT molecular complexity index is 865. The lowest BCUT2D eigenvalue weighted by molar-refractivity contribution is 0.0931. The molecule has 0 radical (unpaired) electrons. The third-order valence-corrected chi connectivity index (χ3v) is 5.04. The molecule has 1 N–H and O–H groups in total. The molecule has 7 heteroatoms. The second-order valence-corrected chi connectivity index (χ2v) is 7.38. The number of hydrogen-bond acceptors (Lipinski definition) is 5. The van der Waals surface area contributed by atoms with Gasteiger partial charge in [0, 0.05) is 37.9 Å². The van der Waals surface area contributed by atoms with Crippen LogP contribution in [-0.4, -0.2) is 48.5 Å². The average molecular weight is 384 g/mol. The molecule has 0 aliphatic carbocycles. The summed E-state index contributed by atoms with van der Waals surface area (Å²) in [6.45, 7) is 6.46. The number of anilines is 1. The maximum absolute atomic E-state index is 12.5. The standard InChI is InChI=1S/C21H28N4O3/c1-15-10-16(2)12-17(11-15)21(27)23-18-4-6-24(7-5-18)19-13-20(26)25(22-14-19)8-9-28-3/h10-14,18H,4-9H2,1-3H3,(H,23,27). The normalized spacial score (nSPS) is 14.9. The Kier molecular flexibility index (Phi) is 6.46. The molecule has 0 spiro atoms. The number of amides is 1. The molecular formula is C21H28N4O3. The summed E-state index contributed by atoms with van der Waals surface area (Å²) >= 11 is 0. The molecule has 0 unspecified atom stereocenters. The minimum Gasteiger partial charge on any atom is -0.383 e. The van der Waals surface area contributed by atoms with Gasteiger partial charge >= 0.3 is 0 Å². The van der Waals surface area contributed by atoms with Crippen LogP contribution in [0.4, 0.5) is 5.69 Å². The summed E-state index contributed by atoms with van der Waals surface area (Å²) in [5, 5.41) is 7.37. The summed E-state index contributed by atoms with van der Waals surface area (Å²) in [4.78, 5) is 26.9. The van der Waals surface area contributed by atoms with Gasteiger partial charge in [-0.3, -0.25) is 9.59 Å². The van der Waals surface area contributed by atoms with Gasteiger partial charge in [0.25, 0.3) is 11.5 Å². The molecule has 1 amide bonds. The van der Waals surface area contributed by atoms with E-state index in [9.17, 15) is 9.59 Å². The van der Waals surface area contributed by atoms with Crippen LogP contribution in [0.25, 0.3) is 0 Å². The highest BCUT2D eigenvalue weighted by molar-refractivity contribution is 5.94. The number of benzene rings is 1. The smallest absolute Gasteiger partial charge is 0.268 e. The van der Waals surface area contributed by atoms with Crippen molar-refractivity contribution >= 4 is 11.6 Å². The van der Waals surface area contributed by atoms with Crippen molar-refractivity contribution in [2.45, 2.75) is 39.3 Å². The number of nitrogens with one attached hydrogen (secondary N) is 1. The van der Waals surface area contributed by atoms with Gasteiger partial charge < -0.3 is 15.0 Å². The monoisotopic (exact) mass is 384 g/mol. The summed E-state index contributed by atoms with van der Waals surface area (Å²) < 4.78 is 6.40. The van der Waals surface area contributed by atoms with E-state index in [0.717, 1.165) is 42.7 Å². The number of ether oxygens (including phenoxy) is 1. The Morgan fingerprint density at radius 1 is 1.18 bits per heavy atom. The summed E-state index contributed by atoms with van der Waals surface area (Å²) in [6.07, 6.45) is 3.40. The third-order valence-electron chi connectivity index (χ3n) is 5.04. The first kappa shape index (κ1) is 20.1. The van der Waals surface area contributed by atoms with Crippen molar-refractivity contribution < 1.29 is 9.53 Å². The maximum atomic E-state index is 12.5. The van der Waals surface area contributed by atoms with E-state index in [-0.39, 0.29) is 17.5 Å². The molecule has 150 valence electrons. The summed E-state index contributed by atoms with van der Waals surface area (Å²) in [7, 11) is 1.60. The van der Waals surface area contributed by atoms with Gasteiger partial charge in [-0.05, 0) is 38.8 Å². The van der Waals surface area contributed by atoms with E-state index in [4.69, 9.17) is 4.74 Å². The fourth-order valence-corrected chi connectivity index (χ4v) is 3.60. The lowest BCUT2D eigenvalue weighted by Gasteiger charge is -2.33. The minimum absolute atomic E-state index is 0.0207. The molecule has 28 heavy (non-hydrogen) atoms. The van der Waals surface area contributed by atoms with Crippen LogP contribution in [-0.2, 0) is 11.3 Å². The minimum atomic E-state index is -0.125. The highest BCUT2D eigenvalue weighted by Gasteiger charge is 2.22. The van der Waals surface area contributed by atoms with Crippen molar-refractivity contribution in [2.75, 3.05) is 31.7 Å². The van der Waals surface area contributed by atoms with Crippen LogP contribution in [0.1, 0.15) is 34.3 Å². The predicted octanol–water partition coefficient (Wildman–Crippen LogP) is 1.91. The van der Waals surface area contributed by atoms with Crippen LogP contribution >= 0.6 is 0 Å². The van der Waals surface area contributed by atoms with Crippen molar-refractivity contribution in [2.24, 2.45) is 0 Å². The Morgan fingerprint density at radius 2 is 1.86 bits per heavy atom. The first-order valence-electron chi connectivity index (χ1n) is 9.66. The Hall–Kier alpha value is -2.67. The van der Waals surface area contributed by atoms with Crippen molar-refractivity contribution in [3.05, 3.63) is 57.5 Å². The van der Waals surface area contributed by atoms with E-state index in [0.29, 0.717) is 18.7 Å².